The molecule has 0 radical (unpaired) electrons. The number of hydrogen-bond acceptors (Lipinski definition) is 4. The van der Waals surface area contributed by atoms with Crippen LogP contribution in [0.5, 0.6) is 11.5 Å². The highest BCUT2D eigenvalue weighted by atomic mass is 35.5. The third-order valence-corrected chi connectivity index (χ3v) is 2.98. The van der Waals surface area contributed by atoms with Crippen LogP contribution in [-0.4, -0.2) is 22.9 Å². The molecule has 7 heteroatoms. The van der Waals surface area contributed by atoms with E-state index in [4.69, 9.17) is 21.1 Å². The van der Waals surface area contributed by atoms with Gasteiger partial charge in [0, 0.05) is 23.9 Å². The minimum absolute atomic E-state index is 0.120. The molecule has 1 amide bonds. The third-order valence-electron chi connectivity index (χ3n) is 2.70. The van der Waals surface area contributed by atoms with Gasteiger partial charge in [-0.1, -0.05) is 11.6 Å². The van der Waals surface area contributed by atoms with Gasteiger partial charge in [0.15, 0.2) is 11.5 Å². The zero-order chi connectivity index (χ0) is 13.2. The number of carbonyl (C=O) groups excluding carboxylic acids is 1. The number of aromatic nitrogens is 2. The number of nitrogens with one attached hydrogen (secondary N) is 2. The highest BCUT2D eigenvalue weighted by Crippen LogP contribution is 2.39. The molecule has 1 aliphatic rings. The Labute approximate surface area is 113 Å². The van der Waals surface area contributed by atoms with E-state index >= 15 is 0 Å². The quantitative estimate of drug-likeness (QED) is 0.897. The number of benzene rings is 1. The molecule has 0 saturated carbocycles. The second-order valence-electron chi connectivity index (χ2n) is 3.98. The minimum atomic E-state index is -0.235. The molecule has 2 N–H and O–H groups in total. The molecular weight excluding hydrogens is 270 g/mol. The molecule has 1 aliphatic heterocycles. The van der Waals surface area contributed by atoms with Crippen LogP contribution >= 0.6 is 11.6 Å². The fourth-order valence-corrected chi connectivity index (χ4v) is 2.02. The van der Waals surface area contributed by atoms with Crippen molar-refractivity contribution < 1.29 is 14.3 Å². The summed E-state index contributed by atoms with van der Waals surface area (Å²) in [6.45, 7) is 0.510. The van der Waals surface area contributed by atoms with Crippen molar-refractivity contribution in [3.63, 3.8) is 0 Å². The molecule has 0 bridgehead atoms. The van der Waals surface area contributed by atoms with Crippen LogP contribution in [0, 0.1) is 0 Å². The van der Waals surface area contributed by atoms with E-state index in [0.717, 1.165) is 5.56 Å². The summed E-state index contributed by atoms with van der Waals surface area (Å²) in [6, 6.07) is 3.17. The maximum absolute atomic E-state index is 12.0. The van der Waals surface area contributed by atoms with Crippen LogP contribution in [-0.2, 0) is 6.54 Å². The Hall–Kier alpha value is -2.21. The summed E-state index contributed by atoms with van der Waals surface area (Å²) >= 11 is 6.02. The summed E-state index contributed by atoms with van der Waals surface area (Å²) in [6.07, 6.45) is 3.36. The number of amides is 1. The first kappa shape index (κ1) is 11.9. The van der Waals surface area contributed by atoms with Crippen LogP contribution in [0.2, 0.25) is 5.02 Å². The number of halogens is 1. The van der Waals surface area contributed by atoms with Crippen molar-refractivity contribution in [1.82, 2.24) is 15.5 Å². The summed E-state index contributed by atoms with van der Waals surface area (Å²) in [7, 11) is 0. The van der Waals surface area contributed by atoms with Gasteiger partial charge in [0.25, 0.3) is 5.91 Å². The van der Waals surface area contributed by atoms with Crippen molar-refractivity contribution in [3.05, 3.63) is 40.7 Å². The second-order valence-corrected chi connectivity index (χ2v) is 4.39. The summed E-state index contributed by atoms with van der Waals surface area (Å²) < 4.78 is 10.4. The Balaban J connectivity index is 1.75. The lowest BCUT2D eigenvalue weighted by atomic mass is 10.2. The molecule has 3 rings (SSSR count). The molecule has 0 spiro atoms. The van der Waals surface area contributed by atoms with E-state index in [0.29, 0.717) is 28.6 Å². The summed E-state index contributed by atoms with van der Waals surface area (Å²) in [5.41, 5.74) is 1.32. The van der Waals surface area contributed by atoms with Gasteiger partial charge in [-0.3, -0.25) is 9.89 Å². The monoisotopic (exact) mass is 279 g/mol. The highest BCUT2D eigenvalue weighted by molar-refractivity contribution is 6.32. The molecule has 1 aromatic carbocycles. The van der Waals surface area contributed by atoms with Crippen LogP contribution in [0.4, 0.5) is 0 Å². The first-order valence-electron chi connectivity index (χ1n) is 5.59. The molecule has 0 saturated heterocycles. The molecule has 1 aromatic heterocycles. The molecule has 0 unspecified atom stereocenters. The Morgan fingerprint density at radius 3 is 3.16 bits per heavy atom. The fourth-order valence-electron chi connectivity index (χ4n) is 1.76. The van der Waals surface area contributed by atoms with Crippen molar-refractivity contribution in [2.45, 2.75) is 6.54 Å². The summed E-state index contributed by atoms with van der Waals surface area (Å²) in [5, 5.41) is 9.61. The minimum Gasteiger partial charge on any atom is -0.454 e. The Morgan fingerprint density at radius 1 is 1.47 bits per heavy atom. The molecule has 0 fully saturated rings. The fraction of sp³-hybridized carbons (Fsp3) is 0.167. The van der Waals surface area contributed by atoms with Gasteiger partial charge in [0.2, 0.25) is 6.79 Å². The van der Waals surface area contributed by atoms with Gasteiger partial charge in [-0.05, 0) is 12.1 Å². The predicted molar refractivity (Wildman–Crippen MR) is 67.3 cm³/mol. The maximum atomic E-state index is 12.0. The van der Waals surface area contributed by atoms with Crippen molar-refractivity contribution in [2.75, 3.05) is 6.79 Å². The van der Waals surface area contributed by atoms with Gasteiger partial charge >= 0.3 is 0 Å². The zero-order valence-electron chi connectivity index (χ0n) is 9.77. The Morgan fingerprint density at radius 2 is 2.37 bits per heavy atom. The van der Waals surface area contributed by atoms with Crippen LogP contribution in [0.1, 0.15) is 15.9 Å². The molecular formula is C12H10ClN3O3. The number of ether oxygens (including phenoxy) is 2. The number of rotatable bonds is 3. The van der Waals surface area contributed by atoms with Crippen LogP contribution < -0.4 is 14.8 Å². The first-order chi connectivity index (χ1) is 9.24. The molecule has 0 aliphatic carbocycles. The standard InChI is InChI=1S/C12H10ClN3O3/c13-9-1-8(2-10-11(9)19-6-18-10)12(17)14-3-7-4-15-16-5-7/h1-2,4-5H,3,6H2,(H,14,17)(H,15,16). The van der Waals surface area contributed by atoms with Gasteiger partial charge in [-0.25, -0.2) is 0 Å². The van der Waals surface area contributed by atoms with E-state index in [1.165, 1.54) is 0 Å². The molecule has 98 valence electrons. The average Bonchev–Trinajstić information content (AvgIpc) is 3.06. The van der Waals surface area contributed by atoms with Gasteiger partial charge < -0.3 is 14.8 Å². The topological polar surface area (TPSA) is 76.2 Å². The Kier molecular flexibility index (Phi) is 3.00. The van der Waals surface area contributed by atoms with Gasteiger partial charge in [0.05, 0.1) is 11.2 Å². The van der Waals surface area contributed by atoms with Gasteiger partial charge in [-0.2, -0.15) is 5.10 Å². The second kappa shape index (κ2) is 4.81. The van der Waals surface area contributed by atoms with E-state index in [9.17, 15) is 4.79 Å². The molecule has 6 nitrogen and oxygen atoms in total. The Bertz CT molecular complexity index is 613. The lowest BCUT2D eigenvalue weighted by Crippen LogP contribution is -2.22. The number of nitrogens with zero attached hydrogens (tertiary/aromatic N) is 1. The normalized spacial score (nSPS) is 12.5. The van der Waals surface area contributed by atoms with Crippen LogP contribution in [0.15, 0.2) is 24.5 Å². The predicted octanol–water partition coefficient (Wildman–Crippen LogP) is 1.72. The number of fused-ring (bicyclic) bond motifs is 1. The lowest BCUT2D eigenvalue weighted by molar-refractivity contribution is 0.0950. The molecule has 0 atom stereocenters. The summed E-state index contributed by atoms with van der Waals surface area (Å²) in [4.78, 5) is 12.0. The number of carbonyl (C=O) groups is 1. The first-order valence-corrected chi connectivity index (χ1v) is 5.97. The SMILES string of the molecule is O=C(NCc1cn[nH]c1)c1cc(Cl)c2c(c1)OCO2. The summed E-state index contributed by atoms with van der Waals surface area (Å²) in [5.74, 6) is 0.732. The van der Waals surface area contributed by atoms with Gasteiger partial charge in [0.1, 0.15) is 0 Å². The van der Waals surface area contributed by atoms with E-state index in [2.05, 4.69) is 15.5 Å². The van der Waals surface area contributed by atoms with Crippen molar-refractivity contribution in [2.24, 2.45) is 0 Å². The van der Waals surface area contributed by atoms with E-state index < -0.39 is 0 Å². The van der Waals surface area contributed by atoms with E-state index in [1.807, 2.05) is 0 Å². The third kappa shape index (κ3) is 2.34. The van der Waals surface area contributed by atoms with E-state index in [1.54, 1.807) is 24.5 Å². The van der Waals surface area contributed by atoms with Crippen molar-refractivity contribution in [1.29, 1.82) is 0 Å². The number of H-pyrrole nitrogens is 1. The van der Waals surface area contributed by atoms with Crippen LogP contribution in [0.25, 0.3) is 0 Å². The van der Waals surface area contributed by atoms with Gasteiger partial charge in [-0.15, -0.1) is 0 Å². The molecule has 2 heterocycles. The highest BCUT2D eigenvalue weighted by Gasteiger charge is 2.20. The smallest absolute Gasteiger partial charge is 0.251 e. The molecule has 2 aromatic rings. The zero-order valence-corrected chi connectivity index (χ0v) is 10.5. The maximum Gasteiger partial charge on any atom is 0.251 e. The number of aromatic amines is 1. The molecule has 19 heavy (non-hydrogen) atoms. The van der Waals surface area contributed by atoms with Crippen molar-refractivity contribution in [3.8, 4) is 11.5 Å². The number of hydrogen-bond donors (Lipinski definition) is 2. The van der Waals surface area contributed by atoms with Crippen LogP contribution in [0.3, 0.4) is 0 Å². The lowest BCUT2D eigenvalue weighted by Gasteiger charge is -2.06. The van der Waals surface area contributed by atoms with E-state index in [-0.39, 0.29) is 12.7 Å². The average molecular weight is 280 g/mol. The largest absolute Gasteiger partial charge is 0.454 e. The van der Waals surface area contributed by atoms with Crippen molar-refractivity contribution >= 4 is 17.5 Å².